The van der Waals surface area contributed by atoms with E-state index < -0.39 is 17.8 Å². The topological polar surface area (TPSA) is 63.7 Å². The molecule has 2 aromatic carbocycles. The second-order valence-corrected chi connectivity index (χ2v) is 7.40. The van der Waals surface area contributed by atoms with Crippen LogP contribution in [0.25, 0.3) is 5.57 Å². The summed E-state index contributed by atoms with van der Waals surface area (Å²) in [5.74, 6) is -1.33. The van der Waals surface area contributed by atoms with Crippen LogP contribution >= 0.6 is 11.6 Å². The first kappa shape index (κ1) is 20.8. The molecule has 0 unspecified atom stereocenters. The lowest BCUT2D eigenvalue weighted by molar-refractivity contribution is -0.137. The predicted molar refractivity (Wildman–Crippen MR) is 111 cm³/mol. The molecule has 1 heterocycles. The maximum Gasteiger partial charge on any atom is 0.338 e. The summed E-state index contributed by atoms with van der Waals surface area (Å²) < 4.78 is 5.10. The minimum absolute atomic E-state index is 0.0713. The summed E-state index contributed by atoms with van der Waals surface area (Å²) in [4.78, 5) is 38.5. The normalized spacial score (nSPS) is 14.0. The van der Waals surface area contributed by atoms with E-state index in [0.717, 1.165) is 22.4 Å². The fraction of sp³-hybridized carbons (Fsp3) is 0.261. The molecule has 0 bridgehead atoms. The van der Waals surface area contributed by atoms with Gasteiger partial charge in [-0.1, -0.05) is 48.9 Å². The number of imide groups is 1. The summed E-state index contributed by atoms with van der Waals surface area (Å²) in [5.41, 5.74) is 4.10. The summed E-state index contributed by atoms with van der Waals surface area (Å²) in [7, 11) is 0. The van der Waals surface area contributed by atoms with E-state index in [-0.39, 0.29) is 17.2 Å². The molecule has 0 atom stereocenters. The quantitative estimate of drug-likeness (QED) is 0.522. The predicted octanol–water partition coefficient (Wildman–Crippen LogP) is 4.39. The highest BCUT2D eigenvalue weighted by molar-refractivity contribution is 6.55. The lowest BCUT2D eigenvalue weighted by Gasteiger charge is -2.15. The lowest BCUT2D eigenvalue weighted by Crippen LogP contribution is -2.30. The summed E-state index contributed by atoms with van der Waals surface area (Å²) in [6, 6.07) is 12.2. The third kappa shape index (κ3) is 4.25. The van der Waals surface area contributed by atoms with Crippen LogP contribution in [-0.2, 0) is 20.9 Å². The Balaban J connectivity index is 1.77. The van der Waals surface area contributed by atoms with Gasteiger partial charge in [-0.3, -0.25) is 14.5 Å². The molecule has 0 radical (unpaired) electrons. The average Bonchev–Trinajstić information content (AvgIpc) is 2.92. The summed E-state index contributed by atoms with van der Waals surface area (Å²) in [6.45, 7) is 6.28. The van der Waals surface area contributed by atoms with Crippen molar-refractivity contribution in [3.05, 3.63) is 75.3 Å². The number of carbonyl (C=O) groups excluding carboxylic acids is 3. The first-order valence-electron chi connectivity index (χ1n) is 9.43. The zero-order valence-corrected chi connectivity index (χ0v) is 17.4. The van der Waals surface area contributed by atoms with Crippen LogP contribution in [0.15, 0.2) is 47.5 Å². The standard InChI is InChI=1S/C23H22ClNO4/c1-4-11-29-23(28)17-9-6-16(7-10-17)13-25-21(26)19(20(24)22(25)27)18-8-5-14(2)15(3)12-18/h5-10,12H,4,11,13H2,1-3H3. The number of carbonyl (C=O) groups is 3. The molecule has 1 aliphatic rings. The smallest absolute Gasteiger partial charge is 0.338 e. The van der Waals surface area contributed by atoms with Crippen LogP contribution in [0.2, 0.25) is 0 Å². The Hall–Kier alpha value is -2.92. The highest BCUT2D eigenvalue weighted by Gasteiger charge is 2.38. The van der Waals surface area contributed by atoms with Gasteiger partial charge in [-0.15, -0.1) is 0 Å². The van der Waals surface area contributed by atoms with Gasteiger partial charge in [0.05, 0.1) is 24.3 Å². The molecule has 0 spiro atoms. The van der Waals surface area contributed by atoms with E-state index in [9.17, 15) is 14.4 Å². The Morgan fingerprint density at radius 1 is 1.00 bits per heavy atom. The number of halogens is 1. The van der Waals surface area contributed by atoms with Crippen molar-refractivity contribution < 1.29 is 19.1 Å². The number of nitrogens with zero attached hydrogens (tertiary/aromatic N) is 1. The number of ether oxygens (including phenoxy) is 1. The minimum atomic E-state index is -0.517. The first-order valence-corrected chi connectivity index (χ1v) is 9.81. The van der Waals surface area contributed by atoms with Crippen LogP contribution in [0.3, 0.4) is 0 Å². The van der Waals surface area contributed by atoms with E-state index in [1.807, 2.05) is 32.9 Å². The molecule has 0 N–H and O–H groups in total. The maximum absolute atomic E-state index is 12.9. The number of benzene rings is 2. The molecule has 2 aromatic rings. The Labute approximate surface area is 174 Å². The minimum Gasteiger partial charge on any atom is -0.462 e. The third-order valence-electron chi connectivity index (χ3n) is 4.87. The van der Waals surface area contributed by atoms with Gasteiger partial charge in [0.1, 0.15) is 5.03 Å². The summed E-state index contributed by atoms with van der Waals surface area (Å²) >= 11 is 6.23. The molecule has 0 saturated heterocycles. The number of esters is 1. The fourth-order valence-corrected chi connectivity index (χ4v) is 3.34. The second-order valence-electron chi connectivity index (χ2n) is 7.02. The zero-order chi connectivity index (χ0) is 21.1. The van der Waals surface area contributed by atoms with E-state index in [1.165, 1.54) is 0 Å². The molecule has 0 aromatic heterocycles. The van der Waals surface area contributed by atoms with Gasteiger partial charge in [0.2, 0.25) is 0 Å². The summed E-state index contributed by atoms with van der Waals surface area (Å²) in [5, 5.41) is -0.0713. The molecule has 3 rings (SSSR count). The molecule has 0 aliphatic carbocycles. The Kier molecular flexibility index (Phi) is 6.18. The first-order chi connectivity index (χ1) is 13.8. The van der Waals surface area contributed by atoms with Crippen molar-refractivity contribution in [1.29, 1.82) is 0 Å². The molecular formula is C23H22ClNO4. The number of rotatable bonds is 6. The van der Waals surface area contributed by atoms with Crippen molar-refractivity contribution in [1.82, 2.24) is 4.90 Å². The van der Waals surface area contributed by atoms with E-state index in [2.05, 4.69) is 0 Å². The molecule has 5 nitrogen and oxygen atoms in total. The lowest BCUT2D eigenvalue weighted by atomic mass is 10.0. The van der Waals surface area contributed by atoms with Crippen molar-refractivity contribution in [2.75, 3.05) is 6.61 Å². The average molecular weight is 412 g/mol. The van der Waals surface area contributed by atoms with Crippen molar-refractivity contribution in [2.45, 2.75) is 33.7 Å². The molecule has 2 amide bonds. The third-order valence-corrected chi connectivity index (χ3v) is 5.23. The van der Waals surface area contributed by atoms with Gasteiger partial charge in [-0.25, -0.2) is 4.79 Å². The zero-order valence-electron chi connectivity index (χ0n) is 16.6. The molecule has 1 aliphatic heterocycles. The Morgan fingerprint density at radius 2 is 1.69 bits per heavy atom. The molecule has 150 valence electrons. The van der Waals surface area contributed by atoms with Gasteiger partial charge in [-0.2, -0.15) is 0 Å². The second kappa shape index (κ2) is 8.62. The monoisotopic (exact) mass is 411 g/mol. The van der Waals surface area contributed by atoms with E-state index in [1.54, 1.807) is 30.3 Å². The number of amides is 2. The van der Waals surface area contributed by atoms with Gasteiger partial charge in [0, 0.05) is 0 Å². The van der Waals surface area contributed by atoms with Crippen LogP contribution in [0.1, 0.15) is 46.0 Å². The van der Waals surface area contributed by atoms with Gasteiger partial charge in [0.25, 0.3) is 11.8 Å². The summed E-state index contributed by atoms with van der Waals surface area (Å²) in [6.07, 6.45) is 0.750. The SMILES string of the molecule is CCCOC(=O)c1ccc(CN2C(=O)C(Cl)=C(c3ccc(C)c(C)c3)C2=O)cc1. The van der Waals surface area contributed by atoms with Gasteiger partial charge in [-0.05, 0) is 54.7 Å². The fourth-order valence-electron chi connectivity index (χ4n) is 3.04. The van der Waals surface area contributed by atoms with E-state index >= 15 is 0 Å². The Morgan fingerprint density at radius 3 is 2.31 bits per heavy atom. The van der Waals surface area contributed by atoms with Crippen molar-refractivity contribution >= 4 is 35.0 Å². The van der Waals surface area contributed by atoms with Crippen LogP contribution in [0.4, 0.5) is 0 Å². The molecule has 0 saturated carbocycles. The van der Waals surface area contributed by atoms with Crippen molar-refractivity contribution in [3.8, 4) is 0 Å². The van der Waals surface area contributed by atoms with Crippen LogP contribution in [0.5, 0.6) is 0 Å². The van der Waals surface area contributed by atoms with Crippen LogP contribution < -0.4 is 0 Å². The number of hydrogen-bond donors (Lipinski definition) is 0. The Bertz CT molecular complexity index is 1010. The molecule has 0 fully saturated rings. The van der Waals surface area contributed by atoms with Gasteiger partial charge >= 0.3 is 5.97 Å². The van der Waals surface area contributed by atoms with E-state index in [0.29, 0.717) is 23.3 Å². The number of aryl methyl sites for hydroxylation is 2. The molecule has 29 heavy (non-hydrogen) atoms. The number of hydrogen-bond acceptors (Lipinski definition) is 4. The van der Waals surface area contributed by atoms with Gasteiger partial charge < -0.3 is 4.74 Å². The maximum atomic E-state index is 12.9. The highest BCUT2D eigenvalue weighted by Crippen LogP contribution is 2.33. The van der Waals surface area contributed by atoms with E-state index in [4.69, 9.17) is 16.3 Å². The highest BCUT2D eigenvalue weighted by atomic mass is 35.5. The van der Waals surface area contributed by atoms with Crippen molar-refractivity contribution in [3.63, 3.8) is 0 Å². The van der Waals surface area contributed by atoms with Crippen LogP contribution in [-0.4, -0.2) is 29.3 Å². The van der Waals surface area contributed by atoms with Crippen LogP contribution in [0, 0.1) is 13.8 Å². The molecule has 6 heteroatoms. The van der Waals surface area contributed by atoms with Crippen molar-refractivity contribution in [2.24, 2.45) is 0 Å². The molecular weight excluding hydrogens is 390 g/mol. The largest absolute Gasteiger partial charge is 0.462 e. The van der Waals surface area contributed by atoms with Gasteiger partial charge in [0.15, 0.2) is 0 Å².